The average molecular weight is 245 g/mol. The number of hydrogen-bond acceptors (Lipinski definition) is 5. The molecular formula is C12H23NO4. The molecule has 0 saturated carbocycles. The highest BCUT2D eigenvalue weighted by molar-refractivity contribution is 5.85. The zero-order chi connectivity index (χ0) is 13.9. The lowest BCUT2D eigenvalue weighted by Crippen LogP contribution is -2.38. The predicted molar refractivity (Wildman–Crippen MR) is 64.4 cm³/mol. The Balaban J connectivity index is 4.22. The quantitative estimate of drug-likeness (QED) is 0.596. The third kappa shape index (κ3) is 8.68. The molecule has 0 bridgehead atoms. The molecule has 2 N–H and O–H groups in total. The third-order valence-electron chi connectivity index (χ3n) is 1.71. The zero-order valence-electron chi connectivity index (χ0n) is 11.5. The van der Waals surface area contributed by atoms with E-state index in [1.807, 2.05) is 20.8 Å². The molecule has 0 aromatic rings. The Labute approximate surface area is 103 Å². The molecule has 5 nitrogen and oxygen atoms in total. The summed E-state index contributed by atoms with van der Waals surface area (Å²) in [6.45, 7) is 10.9. The summed E-state index contributed by atoms with van der Waals surface area (Å²) >= 11 is 0. The molecule has 0 aliphatic carbocycles. The number of rotatable bonds is 2. The van der Waals surface area contributed by atoms with Crippen LogP contribution in [-0.4, -0.2) is 23.8 Å². The van der Waals surface area contributed by atoms with Crippen LogP contribution in [0.15, 0.2) is 0 Å². The maximum absolute atomic E-state index is 11.5. The Bertz CT molecular complexity index is 286. The van der Waals surface area contributed by atoms with Crippen LogP contribution in [0.4, 0.5) is 4.79 Å². The van der Waals surface area contributed by atoms with Crippen molar-refractivity contribution in [1.82, 2.24) is 0 Å². The molecule has 0 aromatic carbocycles. The minimum atomic E-state index is -1.01. The summed E-state index contributed by atoms with van der Waals surface area (Å²) in [5.74, 6) is -0.755. The monoisotopic (exact) mass is 245 g/mol. The van der Waals surface area contributed by atoms with E-state index < -0.39 is 23.8 Å². The van der Waals surface area contributed by atoms with Gasteiger partial charge in [-0.25, -0.2) is 9.59 Å². The highest BCUT2D eigenvalue weighted by atomic mass is 16.7. The van der Waals surface area contributed by atoms with Gasteiger partial charge >= 0.3 is 12.1 Å². The van der Waals surface area contributed by atoms with Crippen molar-refractivity contribution >= 4 is 12.1 Å². The molecule has 0 aliphatic rings. The highest BCUT2D eigenvalue weighted by Crippen LogP contribution is 2.20. The first kappa shape index (κ1) is 15.9. The molecule has 5 heteroatoms. The second-order valence-electron chi connectivity index (χ2n) is 6.26. The van der Waals surface area contributed by atoms with E-state index in [0.717, 1.165) is 0 Å². The Kier molecular flexibility index (Phi) is 5.13. The smallest absolute Gasteiger partial charge is 0.428 e. The fourth-order valence-corrected chi connectivity index (χ4v) is 1.17. The molecule has 0 heterocycles. The fourth-order valence-electron chi connectivity index (χ4n) is 1.17. The van der Waals surface area contributed by atoms with Crippen LogP contribution >= 0.6 is 0 Å². The second-order valence-corrected chi connectivity index (χ2v) is 6.26. The maximum atomic E-state index is 11.5. The molecule has 0 aromatic heterocycles. The minimum absolute atomic E-state index is 0.105. The van der Waals surface area contributed by atoms with Gasteiger partial charge in [0.05, 0.1) is 0 Å². The maximum Gasteiger partial charge on any atom is 0.516 e. The van der Waals surface area contributed by atoms with Gasteiger partial charge in [0.15, 0.2) is 0 Å². The van der Waals surface area contributed by atoms with Crippen molar-refractivity contribution in [2.45, 2.75) is 59.6 Å². The van der Waals surface area contributed by atoms with Gasteiger partial charge in [0.1, 0.15) is 11.6 Å². The summed E-state index contributed by atoms with van der Waals surface area (Å²) in [6.07, 6.45) is -0.568. The third-order valence-corrected chi connectivity index (χ3v) is 1.71. The van der Waals surface area contributed by atoms with Crippen molar-refractivity contribution < 1.29 is 19.1 Å². The van der Waals surface area contributed by atoms with Crippen LogP contribution in [0.2, 0.25) is 0 Å². The first-order valence-corrected chi connectivity index (χ1v) is 5.61. The normalized spacial score (nSPS) is 14.1. The fraction of sp³-hybridized carbons (Fsp3) is 0.833. The van der Waals surface area contributed by atoms with Gasteiger partial charge in [-0.05, 0) is 32.6 Å². The lowest BCUT2D eigenvalue weighted by Gasteiger charge is -2.22. The number of ether oxygens (including phenoxy) is 2. The van der Waals surface area contributed by atoms with Gasteiger partial charge in [0.25, 0.3) is 0 Å². The minimum Gasteiger partial charge on any atom is -0.428 e. The standard InChI is InChI=1S/C12H23NO4/c1-11(2,3)7-8(13)9(14)16-10(15)17-12(4,5)6/h8H,7,13H2,1-6H3/t8-/m0/s1. The van der Waals surface area contributed by atoms with Gasteiger partial charge in [0.2, 0.25) is 0 Å². The lowest BCUT2D eigenvalue weighted by atomic mass is 9.88. The van der Waals surface area contributed by atoms with Crippen molar-refractivity contribution in [2.75, 3.05) is 0 Å². The van der Waals surface area contributed by atoms with Crippen molar-refractivity contribution in [3.8, 4) is 0 Å². The van der Waals surface area contributed by atoms with Crippen molar-refractivity contribution in [1.29, 1.82) is 0 Å². The van der Waals surface area contributed by atoms with E-state index in [4.69, 9.17) is 10.5 Å². The van der Waals surface area contributed by atoms with Gasteiger partial charge < -0.3 is 15.2 Å². The molecular weight excluding hydrogens is 222 g/mol. The second kappa shape index (κ2) is 5.49. The number of carbonyl (C=O) groups excluding carboxylic acids is 2. The van der Waals surface area contributed by atoms with Crippen LogP contribution in [0.1, 0.15) is 48.0 Å². The molecule has 0 amide bonds. The topological polar surface area (TPSA) is 78.6 Å². The van der Waals surface area contributed by atoms with Crippen LogP contribution in [-0.2, 0) is 14.3 Å². The summed E-state index contributed by atoms with van der Waals surface area (Å²) in [5, 5.41) is 0. The Morgan fingerprint density at radius 3 is 1.94 bits per heavy atom. The van der Waals surface area contributed by atoms with Gasteiger partial charge in [0, 0.05) is 0 Å². The van der Waals surface area contributed by atoms with Crippen molar-refractivity contribution in [2.24, 2.45) is 11.1 Å². The number of hydrogen-bond donors (Lipinski definition) is 1. The summed E-state index contributed by atoms with van der Waals surface area (Å²) in [6, 6.07) is -0.817. The van der Waals surface area contributed by atoms with Gasteiger partial charge in [-0.15, -0.1) is 0 Å². The number of esters is 1. The van der Waals surface area contributed by atoms with Gasteiger partial charge in [-0.3, -0.25) is 0 Å². The van der Waals surface area contributed by atoms with Crippen molar-refractivity contribution in [3.05, 3.63) is 0 Å². The van der Waals surface area contributed by atoms with E-state index in [-0.39, 0.29) is 5.41 Å². The van der Waals surface area contributed by atoms with Crippen molar-refractivity contribution in [3.63, 3.8) is 0 Å². The molecule has 0 radical (unpaired) electrons. The Morgan fingerprint density at radius 2 is 1.59 bits per heavy atom. The number of carbonyl (C=O) groups is 2. The molecule has 1 atom stereocenters. The van der Waals surface area contributed by atoms with Crippen LogP contribution in [0.3, 0.4) is 0 Å². The van der Waals surface area contributed by atoms with Crippen LogP contribution in [0, 0.1) is 5.41 Å². The van der Waals surface area contributed by atoms with E-state index >= 15 is 0 Å². The predicted octanol–water partition coefficient (Wildman–Crippen LogP) is 2.23. The summed E-state index contributed by atoms with van der Waals surface area (Å²) < 4.78 is 9.36. The molecule has 0 rings (SSSR count). The van der Waals surface area contributed by atoms with Crippen LogP contribution in [0.25, 0.3) is 0 Å². The Morgan fingerprint density at radius 1 is 1.12 bits per heavy atom. The SMILES string of the molecule is CC(C)(C)C[C@H](N)C(=O)OC(=O)OC(C)(C)C. The van der Waals surface area contributed by atoms with E-state index in [9.17, 15) is 9.59 Å². The Hall–Kier alpha value is -1.10. The summed E-state index contributed by atoms with van der Waals surface area (Å²) in [5.41, 5.74) is 4.84. The summed E-state index contributed by atoms with van der Waals surface area (Å²) in [7, 11) is 0. The molecule has 0 aliphatic heterocycles. The van der Waals surface area contributed by atoms with Crippen LogP contribution < -0.4 is 5.73 Å². The molecule has 0 spiro atoms. The number of nitrogens with two attached hydrogens (primary N) is 1. The zero-order valence-corrected chi connectivity index (χ0v) is 11.5. The van der Waals surface area contributed by atoms with E-state index in [2.05, 4.69) is 4.74 Å². The van der Waals surface area contributed by atoms with E-state index in [1.165, 1.54) is 0 Å². The first-order valence-electron chi connectivity index (χ1n) is 5.61. The average Bonchev–Trinajstić information content (AvgIpc) is 1.95. The molecule has 0 saturated heterocycles. The lowest BCUT2D eigenvalue weighted by molar-refractivity contribution is -0.143. The van der Waals surface area contributed by atoms with E-state index in [0.29, 0.717) is 6.42 Å². The molecule has 0 unspecified atom stereocenters. The molecule has 0 fully saturated rings. The first-order chi connectivity index (χ1) is 7.41. The highest BCUT2D eigenvalue weighted by Gasteiger charge is 2.26. The van der Waals surface area contributed by atoms with Gasteiger partial charge in [-0.1, -0.05) is 20.8 Å². The van der Waals surface area contributed by atoms with Crippen LogP contribution in [0.5, 0.6) is 0 Å². The molecule has 100 valence electrons. The largest absolute Gasteiger partial charge is 0.516 e. The summed E-state index contributed by atoms with van der Waals surface area (Å²) in [4.78, 5) is 22.7. The molecule has 17 heavy (non-hydrogen) atoms. The van der Waals surface area contributed by atoms with E-state index in [1.54, 1.807) is 20.8 Å². The van der Waals surface area contributed by atoms with Gasteiger partial charge in [-0.2, -0.15) is 0 Å².